The quantitative estimate of drug-likeness (QED) is 0.812. The highest BCUT2D eigenvalue weighted by atomic mass is 32.1. The van der Waals surface area contributed by atoms with Crippen molar-refractivity contribution in [2.45, 2.75) is 19.5 Å². The summed E-state index contributed by atoms with van der Waals surface area (Å²) >= 11 is 5.02. The van der Waals surface area contributed by atoms with Gasteiger partial charge in [-0.05, 0) is 36.3 Å². The topological polar surface area (TPSA) is 64.8 Å². The molecule has 0 aromatic carbocycles. The van der Waals surface area contributed by atoms with Gasteiger partial charge in [-0.1, -0.05) is 0 Å². The number of rotatable bonds is 2. The Balaban J connectivity index is 1.83. The van der Waals surface area contributed by atoms with Gasteiger partial charge in [-0.3, -0.25) is 19.7 Å². The Hall–Kier alpha value is -1.79. The monoisotopic (exact) mass is 274 g/mol. The highest BCUT2D eigenvalue weighted by molar-refractivity contribution is 7.71. The Bertz CT molecular complexity index is 692. The van der Waals surface area contributed by atoms with Gasteiger partial charge < -0.3 is 4.98 Å². The van der Waals surface area contributed by atoms with Gasteiger partial charge in [0.05, 0.1) is 0 Å². The van der Waals surface area contributed by atoms with Gasteiger partial charge in [-0.2, -0.15) is 0 Å². The van der Waals surface area contributed by atoms with Crippen LogP contribution in [-0.4, -0.2) is 26.4 Å². The van der Waals surface area contributed by atoms with Crippen LogP contribution in [0.3, 0.4) is 0 Å². The Morgan fingerprint density at radius 1 is 1.32 bits per heavy atom. The maximum absolute atomic E-state index is 11.8. The summed E-state index contributed by atoms with van der Waals surface area (Å²) in [6.07, 6.45) is 4.35. The Kier molecular flexibility index (Phi) is 3.27. The predicted molar refractivity (Wildman–Crippen MR) is 74.3 cm³/mol. The fraction of sp³-hybridized carbons (Fsp3) is 0.308. The first-order valence-electron chi connectivity index (χ1n) is 6.18. The van der Waals surface area contributed by atoms with Gasteiger partial charge in [-0.25, -0.2) is 0 Å². The van der Waals surface area contributed by atoms with E-state index in [0.717, 1.165) is 37.3 Å². The summed E-state index contributed by atoms with van der Waals surface area (Å²) in [5, 5.41) is 0. The van der Waals surface area contributed by atoms with Gasteiger partial charge in [0.1, 0.15) is 0 Å². The van der Waals surface area contributed by atoms with Gasteiger partial charge in [-0.15, -0.1) is 0 Å². The molecule has 19 heavy (non-hydrogen) atoms. The first-order chi connectivity index (χ1) is 9.22. The summed E-state index contributed by atoms with van der Waals surface area (Å²) in [6, 6.07) is 4.02. The lowest BCUT2D eigenvalue weighted by atomic mass is 10.1. The molecule has 0 aliphatic carbocycles. The lowest BCUT2D eigenvalue weighted by molar-refractivity contribution is 0.240. The van der Waals surface area contributed by atoms with E-state index in [1.165, 1.54) is 5.56 Å². The number of pyridine rings is 1. The van der Waals surface area contributed by atoms with Crippen LogP contribution in [0.2, 0.25) is 0 Å². The summed E-state index contributed by atoms with van der Waals surface area (Å²) in [6.45, 7) is 2.46. The third-order valence-corrected chi connectivity index (χ3v) is 3.55. The first kappa shape index (κ1) is 12.3. The van der Waals surface area contributed by atoms with Crippen molar-refractivity contribution < 1.29 is 0 Å². The van der Waals surface area contributed by atoms with Gasteiger partial charge >= 0.3 is 0 Å². The molecule has 0 fully saturated rings. The minimum atomic E-state index is -0.0534. The number of nitrogens with one attached hydrogen (secondary N) is 2. The molecular formula is C13H14N4OS. The van der Waals surface area contributed by atoms with E-state index in [1.807, 2.05) is 12.1 Å². The van der Waals surface area contributed by atoms with E-state index in [9.17, 15) is 4.79 Å². The number of hydrogen-bond donors (Lipinski definition) is 2. The van der Waals surface area contributed by atoms with Gasteiger partial charge in [0, 0.05) is 43.3 Å². The zero-order chi connectivity index (χ0) is 13.2. The number of aromatic amines is 2. The van der Waals surface area contributed by atoms with Crippen molar-refractivity contribution in [3.8, 4) is 0 Å². The van der Waals surface area contributed by atoms with E-state index in [2.05, 4.69) is 19.9 Å². The van der Waals surface area contributed by atoms with Gasteiger partial charge in [0.2, 0.25) is 0 Å². The van der Waals surface area contributed by atoms with Crippen LogP contribution >= 0.6 is 12.2 Å². The van der Waals surface area contributed by atoms with Crippen LogP contribution in [0, 0.1) is 4.77 Å². The summed E-state index contributed by atoms with van der Waals surface area (Å²) in [5.74, 6) is 0. The van der Waals surface area contributed by atoms with Crippen LogP contribution in [0.4, 0.5) is 0 Å². The van der Waals surface area contributed by atoms with Crippen LogP contribution in [0.15, 0.2) is 29.3 Å². The molecule has 0 saturated heterocycles. The second-order valence-corrected chi connectivity index (χ2v) is 5.09. The van der Waals surface area contributed by atoms with E-state index in [1.54, 1.807) is 12.4 Å². The molecule has 0 unspecified atom stereocenters. The van der Waals surface area contributed by atoms with E-state index in [4.69, 9.17) is 12.2 Å². The molecular weight excluding hydrogens is 260 g/mol. The third kappa shape index (κ3) is 2.64. The highest BCUT2D eigenvalue weighted by Gasteiger charge is 2.19. The number of H-pyrrole nitrogens is 2. The molecule has 98 valence electrons. The SMILES string of the molecule is O=c1[nH]c(=S)[nH]c2c1CCN(Cc1ccncc1)C2. The van der Waals surface area contributed by atoms with Crippen LogP contribution in [0.1, 0.15) is 16.8 Å². The van der Waals surface area contributed by atoms with Crippen LogP contribution < -0.4 is 5.56 Å². The fourth-order valence-corrected chi connectivity index (χ4v) is 2.63. The molecule has 1 aliphatic heterocycles. The van der Waals surface area contributed by atoms with Crippen molar-refractivity contribution in [1.82, 2.24) is 19.9 Å². The molecule has 6 heteroatoms. The molecule has 2 aromatic rings. The zero-order valence-electron chi connectivity index (χ0n) is 10.3. The fourth-order valence-electron chi connectivity index (χ4n) is 2.41. The molecule has 5 nitrogen and oxygen atoms in total. The smallest absolute Gasteiger partial charge is 0.255 e. The van der Waals surface area contributed by atoms with Crippen molar-refractivity contribution in [3.05, 3.63) is 56.5 Å². The Morgan fingerprint density at radius 2 is 2.11 bits per heavy atom. The maximum atomic E-state index is 11.8. The minimum absolute atomic E-state index is 0.0534. The first-order valence-corrected chi connectivity index (χ1v) is 6.59. The van der Waals surface area contributed by atoms with Crippen molar-refractivity contribution in [3.63, 3.8) is 0 Å². The van der Waals surface area contributed by atoms with Crippen LogP contribution in [0.5, 0.6) is 0 Å². The molecule has 0 bridgehead atoms. The van der Waals surface area contributed by atoms with Crippen molar-refractivity contribution in [2.24, 2.45) is 0 Å². The molecule has 0 atom stereocenters. The van der Waals surface area contributed by atoms with Crippen molar-refractivity contribution >= 4 is 12.2 Å². The number of nitrogens with zero attached hydrogens (tertiary/aromatic N) is 2. The Labute approximate surface area is 115 Å². The van der Waals surface area contributed by atoms with E-state index < -0.39 is 0 Å². The lowest BCUT2D eigenvalue weighted by Crippen LogP contribution is -2.34. The van der Waals surface area contributed by atoms with E-state index in [-0.39, 0.29) is 5.56 Å². The third-order valence-electron chi connectivity index (χ3n) is 3.35. The zero-order valence-corrected chi connectivity index (χ0v) is 11.2. The predicted octanol–water partition coefficient (Wildman–Crippen LogP) is 1.39. The molecule has 2 N–H and O–H groups in total. The maximum Gasteiger partial charge on any atom is 0.255 e. The number of hydrogen-bond acceptors (Lipinski definition) is 4. The molecule has 3 rings (SSSR count). The number of fused-ring (bicyclic) bond motifs is 1. The molecule has 1 aliphatic rings. The second kappa shape index (κ2) is 5.07. The molecule has 2 aromatic heterocycles. The van der Waals surface area contributed by atoms with Gasteiger partial charge in [0.25, 0.3) is 5.56 Å². The Morgan fingerprint density at radius 3 is 2.89 bits per heavy atom. The highest BCUT2D eigenvalue weighted by Crippen LogP contribution is 2.15. The van der Waals surface area contributed by atoms with E-state index in [0.29, 0.717) is 4.77 Å². The van der Waals surface area contributed by atoms with Crippen LogP contribution in [0.25, 0.3) is 0 Å². The minimum Gasteiger partial charge on any atom is -0.334 e. The molecule has 0 amide bonds. The largest absolute Gasteiger partial charge is 0.334 e. The average Bonchev–Trinajstić information content (AvgIpc) is 2.39. The summed E-state index contributed by atoms with van der Waals surface area (Å²) in [4.78, 5) is 23.8. The summed E-state index contributed by atoms with van der Waals surface area (Å²) in [7, 11) is 0. The molecule has 0 spiro atoms. The average molecular weight is 274 g/mol. The molecule has 0 radical (unpaired) electrons. The second-order valence-electron chi connectivity index (χ2n) is 4.68. The van der Waals surface area contributed by atoms with E-state index >= 15 is 0 Å². The summed E-state index contributed by atoms with van der Waals surface area (Å²) < 4.78 is 0.398. The number of aromatic nitrogens is 3. The lowest BCUT2D eigenvalue weighted by Gasteiger charge is -2.27. The van der Waals surface area contributed by atoms with Crippen molar-refractivity contribution in [2.75, 3.05) is 6.54 Å². The normalized spacial score (nSPS) is 15.2. The van der Waals surface area contributed by atoms with Crippen molar-refractivity contribution in [1.29, 1.82) is 0 Å². The summed E-state index contributed by atoms with van der Waals surface area (Å²) in [5.41, 5.74) is 2.94. The van der Waals surface area contributed by atoms with Gasteiger partial charge in [0.15, 0.2) is 4.77 Å². The standard InChI is InChI=1S/C13H14N4OS/c18-12-10-3-6-17(7-9-1-4-14-5-2-9)8-11(10)15-13(19)16-12/h1-2,4-5H,3,6-8H2,(H2,15,16,18,19). The molecule has 0 saturated carbocycles. The van der Waals surface area contributed by atoms with Crippen LogP contribution in [-0.2, 0) is 19.5 Å². The molecule has 3 heterocycles.